The number of rotatable bonds is 10. The molecule has 0 amide bonds. The van der Waals surface area contributed by atoms with E-state index in [-0.39, 0.29) is 24.6 Å². The summed E-state index contributed by atoms with van der Waals surface area (Å²) in [6.07, 6.45) is -0.553. The summed E-state index contributed by atoms with van der Waals surface area (Å²) in [6, 6.07) is 12.0. The van der Waals surface area contributed by atoms with Gasteiger partial charge < -0.3 is 24.5 Å². The first-order valence-electron chi connectivity index (χ1n) is 11.2. The SMILES string of the molecule is CCCNc1cc(-c2nccc3c2cc(C(=O)O)n3CCOc2ccc(OC(F)(F)F)cc2)ccn1. The van der Waals surface area contributed by atoms with Crippen LogP contribution in [0.25, 0.3) is 22.2 Å². The van der Waals surface area contributed by atoms with Gasteiger partial charge in [-0.2, -0.15) is 0 Å². The van der Waals surface area contributed by atoms with Crippen molar-refractivity contribution in [3.05, 3.63) is 66.6 Å². The molecule has 1 aromatic carbocycles. The van der Waals surface area contributed by atoms with Gasteiger partial charge in [-0.25, -0.2) is 9.78 Å². The minimum Gasteiger partial charge on any atom is -0.492 e. The van der Waals surface area contributed by atoms with E-state index in [9.17, 15) is 23.1 Å². The van der Waals surface area contributed by atoms with E-state index in [0.29, 0.717) is 28.2 Å². The lowest BCUT2D eigenvalue weighted by atomic mass is 10.1. The number of anilines is 1. The van der Waals surface area contributed by atoms with Gasteiger partial charge in [-0.15, -0.1) is 13.2 Å². The standard InChI is InChI=1S/C25H23F3N4O4/c1-2-9-29-22-14-16(7-10-30-22)23-19-15-21(24(33)34)32(20(19)8-11-31-23)12-13-35-17-3-5-18(6-4-17)36-25(26,27)28/h3-8,10-11,14-15H,2,9,12-13H2,1H3,(H,29,30)(H,33,34). The number of ether oxygens (including phenoxy) is 2. The Balaban J connectivity index is 1.56. The molecule has 0 bridgehead atoms. The molecule has 0 saturated carbocycles. The van der Waals surface area contributed by atoms with Gasteiger partial charge in [0.2, 0.25) is 0 Å². The predicted octanol–water partition coefficient (Wildman–Crippen LogP) is 5.60. The summed E-state index contributed by atoms with van der Waals surface area (Å²) in [5, 5.41) is 13.7. The molecular formula is C25H23F3N4O4. The van der Waals surface area contributed by atoms with Crippen LogP contribution < -0.4 is 14.8 Å². The Morgan fingerprint density at radius 2 is 1.78 bits per heavy atom. The quantitative estimate of drug-likeness (QED) is 0.293. The van der Waals surface area contributed by atoms with E-state index in [4.69, 9.17) is 4.74 Å². The smallest absolute Gasteiger partial charge is 0.492 e. The second kappa shape index (κ2) is 10.5. The van der Waals surface area contributed by atoms with E-state index in [2.05, 4.69) is 26.9 Å². The first-order chi connectivity index (χ1) is 17.2. The van der Waals surface area contributed by atoms with Gasteiger partial charge in [0.05, 0.1) is 17.8 Å². The van der Waals surface area contributed by atoms with Crippen molar-refractivity contribution in [3.63, 3.8) is 0 Å². The zero-order chi connectivity index (χ0) is 25.7. The van der Waals surface area contributed by atoms with Crippen molar-refractivity contribution < 1.29 is 32.5 Å². The van der Waals surface area contributed by atoms with E-state index in [1.165, 1.54) is 12.1 Å². The Hall–Kier alpha value is -4.28. The minimum atomic E-state index is -4.78. The normalized spacial score (nSPS) is 11.4. The van der Waals surface area contributed by atoms with Gasteiger partial charge in [0, 0.05) is 29.9 Å². The number of nitrogens with zero attached hydrogens (tertiary/aromatic N) is 3. The zero-order valence-corrected chi connectivity index (χ0v) is 19.2. The fraction of sp³-hybridized carbons (Fsp3) is 0.240. The van der Waals surface area contributed by atoms with E-state index in [1.807, 2.05) is 12.1 Å². The number of benzene rings is 1. The van der Waals surface area contributed by atoms with E-state index >= 15 is 0 Å². The molecule has 2 N–H and O–H groups in total. The van der Waals surface area contributed by atoms with Crippen LogP contribution in [0.15, 0.2) is 60.9 Å². The van der Waals surface area contributed by atoms with Crippen LogP contribution in [0.5, 0.6) is 11.5 Å². The van der Waals surface area contributed by atoms with Gasteiger partial charge in [-0.05, 0) is 55.0 Å². The maximum Gasteiger partial charge on any atom is 0.573 e. The first-order valence-corrected chi connectivity index (χ1v) is 11.2. The number of hydrogen-bond acceptors (Lipinski definition) is 6. The van der Waals surface area contributed by atoms with Crippen molar-refractivity contribution in [2.45, 2.75) is 26.3 Å². The minimum absolute atomic E-state index is 0.0650. The number of halogens is 3. The van der Waals surface area contributed by atoms with E-state index in [0.717, 1.165) is 30.7 Å². The average Bonchev–Trinajstić information content (AvgIpc) is 3.22. The van der Waals surface area contributed by atoms with Gasteiger partial charge in [0.25, 0.3) is 0 Å². The summed E-state index contributed by atoms with van der Waals surface area (Å²) in [6.45, 7) is 3.10. The molecule has 4 aromatic rings. The van der Waals surface area contributed by atoms with Crippen molar-refractivity contribution in [2.24, 2.45) is 0 Å². The van der Waals surface area contributed by atoms with E-state index in [1.54, 1.807) is 29.1 Å². The van der Waals surface area contributed by atoms with Crippen molar-refractivity contribution in [3.8, 4) is 22.8 Å². The third kappa shape index (κ3) is 5.85. The Morgan fingerprint density at radius 1 is 1.06 bits per heavy atom. The molecule has 3 aromatic heterocycles. The molecule has 188 valence electrons. The number of aromatic nitrogens is 3. The number of carboxylic acids is 1. The molecule has 3 heterocycles. The molecule has 8 nitrogen and oxygen atoms in total. The molecule has 36 heavy (non-hydrogen) atoms. The summed E-state index contributed by atoms with van der Waals surface area (Å²) in [5.74, 6) is -0.440. The number of aromatic carboxylic acids is 1. The predicted molar refractivity (Wildman–Crippen MR) is 127 cm³/mol. The average molecular weight is 500 g/mol. The largest absolute Gasteiger partial charge is 0.573 e. The van der Waals surface area contributed by atoms with Gasteiger partial charge in [-0.1, -0.05) is 6.92 Å². The molecule has 0 spiro atoms. The molecule has 0 aliphatic heterocycles. The maximum absolute atomic E-state index is 12.3. The second-order valence-corrected chi connectivity index (χ2v) is 7.80. The Bertz CT molecular complexity index is 1350. The highest BCUT2D eigenvalue weighted by Gasteiger charge is 2.31. The number of fused-ring (bicyclic) bond motifs is 1. The highest BCUT2D eigenvalue weighted by atomic mass is 19.4. The summed E-state index contributed by atoms with van der Waals surface area (Å²) in [7, 11) is 0. The topological polar surface area (TPSA) is 98.5 Å². The van der Waals surface area contributed by atoms with Crippen LogP contribution in [0.1, 0.15) is 23.8 Å². The first kappa shape index (κ1) is 24.8. The van der Waals surface area contributed by atoms with Gasteiger partial charge >= 0.3 is 12.3 Å². The fourth-order valence-electron chi connectivity index (χ4n) is 3.75. The molecule has 0 fully saturated rings. The Labute approximate surface area is 204 Å². The Kier molecular flexibility index (Phi) is 7.28. The number of carboxylic acid groups (broad SMARTS) is 1. The highest BCUT2D eigenvalue weighted by Crippen LogP contribution is 2.30. The number of carbonyl (C=O) groups is 1. The third-order valence-corrected chi connectivity index (χ3v) is 5.28. The summed E-state index contributed by atoms with van der Waals surface area (Å²) in [4.78, 5) is 20.8. The highest BCUT2D eigenvalue weighted by molar-refractivity contribution is 6.00. The molecule has 0 atom stereocenters. The Morgan fingerprint density at radius 3 is 2.47 bits per heavy atom. The van der Waals surface area contributed by atoms with Crippen LogP contribution in [0.2, 0.25) is 0 Å². The fourth-order valence-corrected chi connectivity index (χ4v) is 3.75. The number of alkyl halides is 3. The lowest BCUT2D eigenvalue weighted by Gasteiger charge is -2.12. The molecule has 0 radical (unpaired) electrons. The second-order valence-electron chi connectivity index (χ2n) is 7.80. The molecule has 0 saturated heterocycles. The van der Waals surface area contributed by atoms with Gasteiger partial charge in [-0.3, -0.25) is 4.98 Å². The third-order valence-electron chi connectivity index (χ3n) is 5.28. The van der Waals surface area contributed by atoms with Crippen molar-refractivity contribution in [1.29, 1.82) is 0 Å². The van der Waals surface area contributed by atoms with Gasteiger partial charge in [0.15, 0.2) is 0 Å². The molecular weight excluding hydrogens is 477 g/mol. The van der Waals surface area contributed by atoms with Crippen molar-refractivity contribution in [2.75, 3.05) is 18.5 Å². The van der Waals surface area contributed by atoms with Crippen LogP contribution in [0, 0.1) is 0 Å². The lowest BCUT2D eigenvalue weighted by Crippen LogP contribution is -2.17. The van der Waals surface area contributed by atoms with Gasteiger partial charge in [0.1, 0.15) is 29.6 Å². The van der Waals surface area contributed by atoms with E-state index < -0.39 is 12.3 Å². The van der Waals surface area contributed by atoms with Crippen molar-refractivity contribution >= 4 is 22.7 Å². The molecule has 11 heteroatoms. The number of hydrogen-bond donors (Lipinski definition) is 2. The number of nitrogens with one attached hydrogen (secondary N) is 1. The van der Waals surface area contributed by atoms with Crippen LogP contribution in [-0.4, -0.2) is 45.1 Å². The maximum atomic E-state index is 12.3. The summed E-state index contributed by atoms with van der Waals surface area (Å²) < 4.78 is 48.1. The van der Waals surface area contributed by atoms with Crippen LogP contribution in [-0.2, 0) is 6.54 Å². The number of pyridine rings is 2. The summed E-state index contributed by atoms with van der Waals surface area (Å²) >= 11 is 0. The lowest BCUT2D eigenvalue weighted by molar-refractivity contribution is -0.274. The van der Waals surface area contributed by atoms with Crippen LogP contribution >= 0.6 is 0 Å². The zero-order valence-electron chi connectivity index (χ0n) is 19.2. The van der Waals surface area contributed by atoms with Crippen LogP contribution in [0.3, 0.4) is 0 Å². The van der Waals surface area contributed by atoms with Crippen molar-refractivity contribution in [1.82, 2.24) is 14.5 Å². The molecule has 0 aliphatic rings. The monoisotopic (exact) mass is 500 g/mol. The van der Waals surface area contributed by atoms with Crippen LogP contribution in [0.4, 0.5) is 19.0 Å². The molecule has 0 unspecified atom stereocenters. The molecule has 0 aliphatic carbocycles. The molecule has 4 rings (SSSR count). The summed E-state index contributed by atoms with van der Waals surface area (Å²) in [5.41, 5.74) is 2.14.